The average Bonchev–Trinajstić information content (AvgIpc) is 2.15. The maximum atomic E-state index is 11.5. The minimum atomic E-state index is -0.0125. The predicted octanol–water partition coefficient (Wildman–Crippen LogP) is 2.37. The van der Waals surface area contributed by atoms with E-state index in [2.05, 4.69) is 51.0 Å². The lowest BCUT2D eigenvalue weighted by molar-refractivity contribution is -0.121. The molecule has 1 amide bonds. The van der Waals surface area contributed by atoms with E-state index in [-0.39, 0.29) is 16.2 Å². The molecule has 0 aromatic rings. The van der Waals surface area contributed by atoms with Gasteiger partial charge in [-0.25, -0.2) is 0 Å². The van der Waals surface area contributed by atoms with Crippen molar-refractivity contribution in [3.8, 4) is 0 Å². The highest BCUT2D eigenvalue weighted by Gasteiger charge is 2.15. The molecule has 0 atom stereocenters. The molecule has 0 aliphatic carbocycles. The van der Waals surface area contributed by atoms with Crippen LogP contribution in [-0.4, -0.2) is 29.8 Å². The fourth-order valence-electron chi connectivity index (χ4n) is 1.41. The van der Waals surface area contributed by atoms with Gasteiger partial charge in [0.1, 0.15) is 0 Å². The van der Waals surface area contributed by atoms with Crippen molar-refractivity contribution in [2.24, 2.45) is 0 Å². The number of thiol groups is 1. The highest BCUT2D eigenvalue weighted by molar-refractivity contribution is 7.81. The molecule has 102 valence electrons. The average molecular weight is 260 g/mol. The molecule has 3 nitrogen and oxygen atoms in total. The Labute approximate surface area is 112 Å². The molecule has 0 radical (unpaired) electrons. The smallest absolute Gasteiger partial charge is 0.219 e. The van der Waals surface area contributed by atoms with E-state index in [9.17, 15) is 4.79 Å². The summed E-state index contributed by atoms with van der Waals surface area (Å²) >= 11 is 4.42. The molecule has 0 aromatic heterocycles. The Morgan fingerprint density at radius 2 is 1.76 bits per heavy atom. The third-order valence-electron chi connectivity index (χ3n) is 2.94. The van der Waals surface area contributed by atoms with E-state index in [0.717, 1.165) is 19.3 Å². The zero-order valence-corrected chi connectivity index (χ0v) is 12.8. The lowest BCUT2D eigenvalue weighted by atomic mass is 9.97. The number of rotatable bonds is 8. The van der Waals surface area contributed by atoms with Crippen LogP contribution in [0.1, 0.15) is 53.4 Å². The van der Waals surface area contributed by atoms with Gasteiger partial charge in [-0.05, 0) is 40.2 Å². The van der Waals surface area contributed by atoms with Crippen LogP contribution in [0.5, 0.6) is 0 Å². The summed E-state index contributed by atoms with van der Waals surface area (Å²) in [5.41, 5.74) is 0.118. The van der Waals surface area contributed by atoms with Gasteiger partial charge in [-0.2, -0.15) is 12.6 Å². The van der Waals surface area contributed by atoms with Gasteiger partial charge in [0.15, 0.2) is 0 Å². The largest absolute Gasteiger partial charge is 0.356 e. The van der Waals surface area contributed by atoms with Crippen LogP contribution < -0.4 is 10.6 Å². The molecule has 0 spiro atoms. The minimum Gasteiger partial charge on any atom is -0.356 e. The summed E-state index contributed by atoms with van der Waals surface area (Å²) in [6, 6.07) is 0. The van der Waals surface area contributed by atoms with Crippen molar-refractivity contribution in [2.45, 2.75) is 63.7 Å². The van der Waals surface area contributed by atoms with E-state index >= 15 is 0 Å². The molecule has 0 aromatic carbocycles. The van der Waals surface area contributed by atoms with Gasteiger partial charge in [-0.3, -0.25) is 4.79 Å². The Balaban J connectivity index is 3.61. The molecule has 17 heavy (non-hydrogen) atoms. The third kappa shape index (κ3) is 10.6. The van der Waals surface area contributed by atoms with E-state index in [1.807, 2.05) is 7.05 Å². The van der Waals surface area contributed by atoms with Crippen molar-refractivity contribution in [3.63, 3.8) is 0 Å². The fourth-order valence-corrected chi connectivity index (χ4v) is 1.52. The Bertz CT molecular complexity index is 234. The first kappa shape index (κ1) is 16.8. The van der Waals surface area contributed by atoms with Crippen LogP contribution in [0.3, 0.4) is 0 Å². The Kier molecular flexibility index (Phi) is 7.17. The molecule has 0 aliphatic rings. The van der Waals surface area contributed by atoms with Crippen LogP contribution in [0, 0.1) is 0 Å². The molecule has 0 bridgehead atoms. The standard InChI is InChI=1S/C13H28N2OS/c1-12(2,14-5)8-6-7-11(16)15-10-9-13(3,4)17/h14,17H,6-10H2,1-5H3,(H,15,16). The van der Waals surface area contributed by atoms with Crippen LogP contribution in [0.4, 0.5) is 0 Å². The van der Waals surface area contributed by atoms with Gasteiger partial charge in [-0.15, -0.1) is 0 Å². The molecule has 0 unspecified atom stereocenters. The van der Waals surface area contributed by atoms with Crippen molar-refractivity contribution in [2.75, 3.05) is 13.6 Å². The van der Waals surface area contributed by atoms with E-state index in [1.165, 1.54) is 0 Å². The number of hydrogen-bond acceptors (Lipinski definition) is 3. The van der Waals surface area contributed by atoms with Crippen molar-refractivity contribution >= 4 is 18.5 Å². The van der Waals surface area contributed by atoms with Crippen LogP contribution >= 0.6 is 12.6 Å². The monoisotopic (exact) mass is 260 g/mol. The van der Waals surface area contributed by atoms with E-state index in [4.69, 9.17) is 0 Å². The highest BCUT2D eigenvalue weighted by Crippen LogP contribution is 2.15. The molecule has 0 fully saturated rings. The van der Waals surface area contributed by atoms with Gasteiger partial charge < -0.3 is 10.6 Å². The lowest BCUT2D eigenvalue weighted by Crippen LogP contribution is -2.36. The SMILES string of the molecule is CNC(C)(C)CCCC(=O)NCCC(C)(C)S. The summed E-state index contributed by atoms with van der Waals surface area (Å²) in [4.78, 5) is 11.5. The van der Waals surface area contributed by atoms with Crippen molar-refractivity contribution < 1.29 is 4.79 Å². The quantitative estimate of drug-likeness (QED) is 0.587. The van der Waals surface area contributed by atoms with E-state index in [0.29, 0.717) is 13.0 Å². The maximum Gasteiger partial charge on any atom is 0.219 e. The number of carbonyl (C=O) groups is 1. The van der Waals surface area contributed by atoms with Crippen LogP contribution in [0.2, 0.25) is 0 Å². The first-order valence-corrected chi connectivity index (χ1v) is 6.79. The van der Waals surface area contributed by atoms with E-state index in [1.54, 1.807) is 0 Å². The molecule has 2 N–H and O–H groups in total. The topological polar surface area (TPSA) is 41.1 Å². The van der Waals surface area contributed by atoms with Gasteiger partial charge in [0.25, 0.3) is 0 Å². The zero-order valence-electron chi connectivity index (χ0n) is 11.9. The lowest BCUT2D eigenvalue weighted by Gasteiger charge is -2.23. The predicted molar refractivity (Wildman–Crippen MR) is 77.7 cm³/mol. The van der Waals surface area contributed by atoms with Crippen molar-refractivity contribution in [1.29, 1.82) is 0 Å². The van der Waals surface area contributed by atoms with Gasteiger partial charge in [0.05, 0.1) is 0 Å². The van der Waals surface area contributed by atoms with Crippen molar-refractivity contribution in [1.82, 2.24) is 10.6 Å². The number of hydrogen-bond donors (Lipinski definition) is 3. The Morgan fingerprint density at radius 3 is 2.24 bits per heavy atom. The molecule has 0 heterocycles. The summed E-state index contributed by atoms with van der Waals surface area (Å²) in [7, 11) is 1.95. The minimum absolute atomic E-state index is 0.0125. The molecule has 4 heteroatoms. The third-order valence-corrected chi connectivity index (χ3v) is 3.16. The van der Waals surface area contributed by atoms with Gasteiger partial charge in [0.2, 0.25) is 5.91 Å². The first-order chi connectivity index (χ1) is 7.66. The molecular weight excluding hydrogens is 232 g/mol. The fraction of sp³-hybridized carbons (Fsp3) is 0.923. The van der Waals surface area contributed by atoms with Crippen molar-refractivity contribution in [3.05, 3.63) is 0 Å². The molecule has 0 aliphatic heterocycles. The number of nitrogens with one attached hydrogen (secondary N) is 2. The van der Waals surface area contributed by atoms with Gasteiger partial charge in [0, 0.05) is 23.3 Å². The van der Waals surface area contributed by atoms with Crippen LogP contribution in [0.15, 0.2) is 0 Å². The molecule has 0 rings (SSSR count). The Hall–Kier alpha value is -0.220. The second-order valence-electron chi connectivity index (χ2n) is 5.90. The second-order valence-corrected chi connectivity index (χ2v) is 7.11. The molecular formula is C13H28N2OS. The summed E-state index contributed by atoms with van der Waals surface area (Å²) in [5, 5.41) is 6.17. The second kappa shape index (κ2) is 7.27. The van der Waals surface area contributed by atoms with E-state index < -0.39 is 0 Å². The first-order valence-electron chi connectivity index (χ1n) is 6.34. The van der Waals surface area contributed by atoms with Gasteiger partial charge >= 0.3 is 0 Å². The summed E-state index contributed by atoms with van der Waals surface area (Å²) in [5.74, 6) is 0.148. The summed E-state index contributed by atoms with van der Waals surface area (Å²) in [6.45, 7) is 9.11. The summed E-state index contributed by atoms with van der Waals surface area (Å²) < 4.78 is -0.0125. The molecule has 0 saturated heterocycles. The Morgan fingerprint density at radius 1 is 1.18 bits per heavy atom. The normalized spacial score (nSPS) is 12.6. The molecule has 0 saturated carbocycles. The highest BCUT2D eigenvalue weighted by atomic mass is 32.1. The maximum absolute atomic E-state index is 11.5. The zero-order chi connectivity index (χ0) is 13.5. The number of amides is 1. The van der Waals surface area contributed by atoms with Crippen LogP contribution in [-0.2, 0) is 4.79 Å². The summed E-state index contributed by atoms with van der Waals surface area (Å²) in [6.07, 6.45) is 3.43. The van der Waals surface area contributed by atoms with Crippen LogP contribution in [0.25, 0.3) is 0 Å². The number of carbonyl (C=O) groups excluding carboxylic acids is 1. The van der Waals surface area contributed by atoms with Gasteiger partial charge in [-0.1, -0.05) is 13.8 Å².